The Bertz CT molecular complexity index is 1180. The maximum absolute atomic E-state index is 14.0. The molecule has 0 bridgehead atoms. The molecule has 0 aliphatic carbocycles. The molecule has 34 heavy (non-hydrogen) atoms. The smallest absolute Gasteiger partial charge is 0.269 e. The van der Waals surface area contributed by atoms with E-state index >= 15 is 0 Å². The second kappa shape index (κ2) is 11.0. The number of ether oxygens (including phenoxy) is 2. The number of fused-ring (bicyclic) bond motifs is 1. The second-order valence-electron chi connectivity index (χ2n) is 8.48. The number of sulfonamides is 1. The number of aromatic nitrogens is 1. The third kappa shape index (κ3) is 5.95. The lowest BCUT2D eigenvalue weighted by atomic mass is 10.1. The van der Waals surface area contributed by atoms with Gasteiger partial charge in [-0.3, -0.25) is 4.31 Å². The van der Waals surface area contributed by atoms with E-state index in [0.717, 1.165) is 17.6 Å². The Morgan fingerprint density at radius 2 is 2.09 bits per heavy atom. The van der Waals surface area contributed by atoms with E-state index < -0.39 is 16.1 Å². The monoisotopic (exact) mass is 488 g/mol. The van der Waals surface area contributed by atoms with E-state index in [1.807, 2.05) is 19.1 Å². The quantitative estimate of drug-likeness (QED) is 0.541. The number of nitrogens with zero attached hydrogens (tertiary/aromatic N) is 2. The van der Waals surface area contributed by atoms with Gasteiger partial charge in [-0.25, -0.2) is 13.4 Å². The summed E-state index contributed by atoms with van der Waals surface area (Å²) in [5.41, 5.74) is 3.11. The van der Waals surface area contributed by atoms with Crippen LogP contribution in [0, 0.1) is 6.92 Å². The number of carbonyl (C=O) groups is 1. The fourth-order valence-electron chi connectivity index (χ4n) is 3.63. The minimum atomic E-state index is -4.10. The molecule has 0 saturated heterocycles. The summed E-state index contributed by atoms with van der Waals surface area (Å²) in [7, 11) is -4.10. The molecule has 184 valence electrons. The van der Waals surface area contributed by atoms with Crippen molar-refractivity contribution < 1.29 is 27.8 Å². The number of allylic oxidation sites excluding steroid dienone is 1. The Hall–Kier alpha value is -2.91. The highest BCUT2D eigenvalue weighted by molar-refractivity contribution is 7.93. The number of Topliss-reactive ketones (excluding diaryl/α,β-unsaturated/α-hetero) is 1. The lowest BCUT2D eigenvalue weighted by molar-refractivity contribution is -0.117. The summed E-state index contributed by atoms with van der Waals surface area (Å²) in [5.74, 6) is 0.390. The summed E-state index contributed by atoms with van der Waals surface area (Å²) >= 11 is 0. The zero-order chi connectivity index (χ0) is 24.9. The highest BCUT2D eigenvalue weighted by atomic mass is 32.2. The minimum absolute atomic E-state index is 0.0157. The van der Waals surface area contributed by atoms with E-state index in [4.69, 9.17) is 14.6 Å². The standard InChI is InChI=1S/C25H32N2O6S/c1-5-17(2)12-20-7-9-23-22(14-20)27(16-21(33-23)8-6-19(4)29)34(30,31)24-13-18(3)15-26-25(24)32-11-10-28/h7,9,12-15,21,28H,5-6,8,10-11,16H2,1-4H3/b17-12-/t21-/m0/s1. The van der Waals surface area contributed by atoms with Crippen LogP contribution in [0.5, 0.6) is 11.6 Å². The molecule has 8 nitrogen and oxygen atoms in total. The first-order valence-corrected chi connectivity index (χ1v) is 12.8. The molecular weight excluding hydrogens is 456 g/mol. The van der Waals surface area contributed by atoms with Crippen LogP contribution in [0.2, 0.25) is 0 Å². The van der Waals surface area contributed by atoms with Crippen molar-refractivity contribution in [3.63, 3.8) is 0 Å². The number of aliphatic hydroxyl groups is 1. The molecule has 1 aliphatic heterocycles. The second-order valence-corrected chi connectivity index (χ2v) is 10.3. The van der Waals surface area contributed by atoms with Crippen LogP contribution in [-0.2, 0) is 14.8 Å². The van der Waals surface area contributed by atoms with E-state index in [9.17, 15) is 13.2 Å². The number of anilines is 1. The van der Waals surface area contributed by atoms with Crippen molar-refractivity contribution in [2.45, 2.75) is 58.0 Å². The molecule has 0 radical (unpaired) electrons. The van der Waals surface area contributed by atoms with Crippen LogP contribution in [0.1, 0.15) is 51.2 Å². The largest absolute Gasteiger partial charge is 0.486 e. The van der Waals surface area contributed by atoms with Crippen molar-refractivity contribution >= 4 is 27.6 Å². The number of hydrogen-bond acceptors (Lipinski definition) is 7. The number of ketones is 1. The van der Waals surface area contributed by atoms with E-state index in [-0.39, 0.29) is 36.3 Å². The van der Waals surface area contributed by atoms with Gasteiger partial charge in [-0.1, -0.05) is 24.6 Å². The summed E-state index contributed by atoms with van der Waals surface area (Å²) in [6, 6.07) is 6.97. The maximum atomic E-state index is 14.0. The first kappa shape index (κ1) is 25.7. The van der Waals surface area contributed by atoms with Gasteiger partial charge in [0.1, 0.15) is 29.1 Å². The van der Waals surface area contributed by atoms with Crippen molar-refractivity contribution in [1.29, 1.82) is 0 Å². The summed E-state index contributed by atoms with van der Waals surface area (Å²) < 4.78 is 40.8. The molecule has 0 unspecified atom stereocenters. The lowest BCUT2D eigenvalue weighted by Gasteiger charge is -2.36. The number of benzene rings is 1. The Labute approximate surface area is 201 Å². The van der Waals surface area contributed by atoms with E-state index in [2.05, 4.69) is 11.9 Å². The zero-order valence-electron chi connectivity index (χ0n) is 20.1. The number of pyridine rings is 1. The number of aliphatic hydroxyl groups excluding tert-OH is 1. The van der Waals surface area contributed by atoms with Crippen LogP contribution in [0.4, 0.5) is 5.69 Å². The van der Waals surface area contributed by atoms with Crippen molar-refractivity contribution in [1.82, 2.24) is 4.98 Å². The van der Waals surface area contributed by atoms with Gasteiger partial charge in [-0.2, -0.15) is 0 Å². The van der Waals surface area contributed by atoms with Gasteiger partial charge in [0.2, 0.25) is 5.88 Å². The van der Waals surface area contributed by atoms with Crippen molar-refractivity contribution in [3.05, 3.63) is 47.2 Å². The van der Waals surface area contributed by atoms with Gasteiger partial charge >= 0.3 is 0 Å². The highest BCUT2D eigenvalue weighted by Gasteiger charge is 2.37. The predicted octanol–water partition coefficient (Wildman–Crippen LogP) is 3.90. The van der Waals surface area contributed by atoms with Gasteiger partial charge < -0.3 is 19.4 Å². The third-order valence-electron chi connectivity index (χ3n) is 5.56. The number of carbonyl (C=O) groups excluding carboxylic acids is 1. The molecule has 0 amide bonds. The number of rotatable bonds is 10. The molecule has 1 atom stereocenters. The van der Waals surface area contributed by atoms with Gasteiger partial charge in [0.05, 0.1) is 18.8 Å². The van der Waals surface area contributed by atoms with Crippen LogP contribution in [-0.4, -0.2) is 50.2 Å². The molecular formula is C25H32N2O6S. The number of hydrogen-bond donors (Lipinski definition) is 1. The molecule has 1 N–H and O–H groups in total. The Balaban J connectivity index is 2.11. The Morgan fingerprint density at radius 1 is 1.32 bits per heavy atom. The topological polar surface area (TPSA) is 106 Å². The van der Waals surface area contributed by atoms with Gasteiger partial charge in [0.25, 0.3) is 10.0 Å². The lowest BCUT2D eigenvalue weighted by Crippen LogP contribution is -2.44. The van der Waals surface area contributed by atoms with Gasteiger partial charge in [0, 0.05) is 12.6 Å². The molecule has 1 aromatic heterocycles. The molecule has 0 fully saturated rings. The summed E-state index contributed by atoms with van der Waals surface area (Å²) in [6.45, 7) is 7.04. The third-order valence-corrected chi connectivity index (χ3v) is 7.33. The first-order chi connectivity index (χ1) is 16.1. The highest BCUT2D eigenvalue weighted by Crippen LogP contribution is 2.40. The first-order valence-electron chi connectivity index (χ1n) is 11.4. The average Bonchev–Trinajstić information content (AvgIpc) is 2.81. The van der Waals surface area contributed by atoms with E-state index in [1.165, 1.54) is 23.5 Å². The normalized spacial score (nSPS) is 16.1. The Kier molecular flexibility index (Phi) is 8.33. The van der Waals surface area contributed by atoms with E-state index in [1.54, 1.807) is 19.1 Å². The molecule has 1 aromatic carbocycles. The van der Waals surface area contributed by atoms with Gasteiger partial charge in [0.15, 0.2) is 0 Å². The fraction of sp³-hybridized carbons (Fsp3) is 0.440. The van der Waals surface area contributed by atoms with Crippen molar-refractivity contribution in [2.75, 3.05) is 24.1 Å². The average molecular weight is 489 g/mol. The van der Waals surface area contributed by atoms with Crippen LogP contribution < -0.4 is 13.8 Å². The molecule has 0 spiro atoms. The number of aryl methyl sites for hydroxylation is 1. The van der Waals surface area contributed by atoms with Gasteiger partial charge in [-0.05, 0) is 62.9 Å². The molecule has 9 heteroatoms. The van der Waals surface area contributed by atoms with E-state index in [0.29, 0.717) is 29.8 Å². The molecule has 2 aromatic rings. The van der Waals surface area contributed by atoms with Crippen molar-refractivity contribution in [2.24, 2.45) is 0 Å². The SMILES string of the molecule is CC/C(C)=C\c1ccc2c(c1)N(S(=O)(=O)c1cc(C)cnc1OCCO)C[C@H](CCC(C)=O)O2. The molecule has 0 saturated carbocycles. The predicted molar refractivity (Wildman–Crippen MR) is 131 cm³/mol. The maximum Gasteiger partial charge on any atom is 0.269 e. The van der Waals surface area contributed by atoms with Crippen LogP contribution in [0.3, 0.4) is 0 Å². The van der Waals surface area contributed by atoms with Crippen molar-refractivity contribution in [3.8, 4) is 11.6 Å². The van der Waals surface area contributed by atoms with Crippen LogP contribution in [0.15, 0.2) is 40.9 Å². The van der Waals surface area contributed by atoms with Crippen LogP contribution >= 0.6 is 0 Å². The Morgan fingerprint density at radius 3 is 2.76 bits per heavy atom. The van der Waals surface area contributed by atoms with Gasteiger partial charge in [-0.15, -0.1) is 0 Å². The zero-order valence-corrected chi connectivity index (χ0v) is 20.9. The van der Waals surface area contributed by atoms with Crippen LogP contribution in [0.25, 0.3) is 6.08 Å². The molecule has 2 heterocycles. The summed E-state index contributed by atoms with van der Waals surface area (Å²) in [4.78, 5) is 15.6. The summed E-state index contributed by atoms with van der Waals surface area (Å²) in [5, 5.41) is 9.15. The minimum Gasteiger partial charge on any atom is -0.486 e. The molecule has 1 aliphatic rings. The fourth-order valence-corrected chi connectivity index (χ4v) is 5.30. The molecule has 3 rings (SSSR count). The summed E-state index contributed by atoms with van der Waals surface area (Å²) in [6.07, 6.45) is 4.62.